The van der Waals surface area contributed by atoms with Gasteiger partial charge in [0.1, 0.15) is 0 Å². The molecule has 0 saturated carbocycles. The van der Waals surface area contributed by atoms with Crippen LogP contribution in [0.15, 0.2) is 78.9 Å². The average molecular weight is 320 g/mol. The Kier molecular flexibility index (Phi) is 5.04. The number of hydrogen-bond acceptors (Lipinski definition) is 1. The van der Waals surface area contributed by atoms with Gasteiger partial charge in [0.05, 0.1) is 0 Å². The molecule has 0 amide bonds. The molecule has 0 aliphatic carbocycles. The molecule has 0 aliphatic heterocycles. The molecule has 1 atom stereocenters. The summed E-state index contributed by atoms with van der Waals surface area (Å²) in [6, 6.07) is 26.9. The van der Waals surface area contributed by atoms with Crippen molar-refractivity contribution in [2.45, 2.75) is 18.4 Å². The average Bonchev–Trinajstić information content (AvgIpc) is 2.56. The molecule has 116 valence electrons. The minimum absolute atomic E-state index is 0.600. The Hall–Kier alpha value is -2.19. The molecule has 0 spiro atoms. The van der Waals surface area contributed by atoms with Crippen LogP contribution in [-0.4, -0.2) is 4.21 Å². The molecule has 2 heteroatoms. The van der Waals surface area contributed by atoms with E-state index in [1.165, 1.54) is 16.7 Å². The van der Waals surface area contributed by atoms with Gasteiger partial charge in [-0.2, -0.15) is 0 Å². The molecular weight excluding hydrogens is 300 g/mol. The van der Waals surface area contributed by atoms with E-state index in [0.717, 1.165) is 11.1 Å². The third-order valence-corrected chi connectivity index (χ3v) is 5.11. The lowest BCUT2D eigenvalue weighted by atomic mass is 10.0. The number of rotatable bonds is 5. The maximum Gasteiger partial charge on any atom is 0.0489 e. The zero-order chi connectivity index (χ0) is 16.1. The summed E-state index contributed by atoms with van der Waals surface area (Å²) in [5.74, 6) is 1.21. The zero-order valence-corrected chi connectivity index (χ0v) is 14.1. The van der Waals surface area contributed by atoms with Gasteiger partial charge in [0.2, 0.25) is 0 Å². The molecule has 3 aromatic carbocycles. The molecule has 3 rings (SSSR count). The quantitative estimate of drug-likeness (QED) is 0.638. The van der Waals surface area contributed by atoms with Crippen molar-refractivity contribution < 1.29 is 4.21 Å². The second kappa shape index (κ2) is 7.38. The number of hydrogen-bond donors (Lipinski definition) is 0. The van der Waals surface area contributed by atoms with Gasteiger partial charge in [0, 0.05) is 22.3 Å². The van der Waals surface area contributed by atoms with Crippen molar-refractivity contribution in [2.24, 2.45) is 0 Å². The smallest absolute Gasteiger partial charge is 0.0489 e. The Morgan fingerprint density at radius 3 is 2.04 bits per heavy atom. The summed E-state index contributed by atoms with van der Waals surface area (Å²) in [6.45, 7) is 2.06. The van der Waals surface area contributed by atoms with Gasteiger partial charge in [-0.25, -0.2) is 0 Å². The van der Waals surface area contributed by atoms with Gasteiger partial charge in [-0.05, 0) is 29.2 Å². The second-order valence-corrected chi connectivity index (χ2v) is 7.24. The van der Waals surface area contributed by atoms with Crippen LogP contribution in [0.5, 0.6) is 0 Å². The van der Waals surface area contributed by atoms with Gasteiger partial charge in [0.15, 0.2) is 0 Å². The van der Waals surface area contributed by atoms with Gasteiger partial charge in [-0.15, -0.1) is 0 Å². The first-order valence-corrected chi connectivity index (χ1v) is 9.24. The first kappa shape index (κ1) is 15.7. The molecule has 0 heterocycles. The summed E-state index contributed by atoms with van der Waals surface area (Å²) < 4.78 is 12.4. The summed E-state index contributed by atoms with van der Waals surface area (Å²) in [4.78, 5) is 0. The number of aryl methyl sites for hydroxylation is 1. The topological polar surface area (TPSA) is 17.1 Å². The summed E-state index contributed by atoms with van der Waals surface area (Å²) in [5, 5.41) is 0. The summed E-state index contributed by atoms with van der Waals surface area (Å²) >= 11 is 0. The van der Waals surface area contributed by atoms with Crippen LogP contribution >= 0.6 is 0 Å². The first-order chi connectivity index (χ1) is 11.2. The van der Waals surface area contributed by atoms with Crippen molar-refractivity contribution >= 4 is 10.8 Å². The lowest BCUT2D eigenvalue weighted by molar-refractivity contribution is 0.682. The maximum atomic E-state index is 12.4. The Bertz CT molecular complexity index is 792. The maximum absolute atomic E-state index is 12.4. The van der Waals surface area contributed by atoms with Crippen LogP contribution in [-0.2, 0) is 22.3 Å². The molecule has 1 nitrogen and oxygen atoms in total. The van der Waals surface area contributed by atoms with Gasteiger partial charge in [-0.3, -0.25) is 4.21 Å². The Labute approximate surface area is 140 Å². The normalized spacial score (nSPS) is 12.0. The fourth-order valence-corrected chi connectivity index (χ4v) is 3.87. The van der Waals surface area contributed by atoms with Crippen molar-refractivity contribution in [3.05, 3.63) is 95.6 Å². The van der Waals surface area contributed by atoms with Crippen LogP contribution < -0.4 is 0 Å². The molecule has 0 bridgehead atoms. The van der Waals surface area contributed by atoms with Crippen molar-refractivity contribution in [3.63, 3.8) is 0 Å². The van der Waals surface area contributed by atoms with Crippen molar-refractivity contribution in [1.82, 2.24) is 0 Å². The third kappa shape index (κ3) is 4.40. The highest BCUT2D eigenvalue weighted by molar-refractivity contribution is 7.83. The van der Waals surface area contributed by atoms with Crippen LogP contribution in [0.3, 0.4) is 0 Å². The van der Waals surface area contributed by atoms with E-state index >= 15 is 0 Å². The highest BCUT2D eigenvalue weighted by Crippen LogP contribution is 2.20. The lowest BCUT2D eigenvalue weighted by Gasteiger charge is -2.06. The lowest BCUT2D eigenvalue weighted by Crippen LogP contribution is -1.99. The van der Waals surface area contributed by atoms with E-state index in [1.807, 2.05) is 30.3 Å². The first-order valence-electron chi connectivity index (χ1n) is 7.75. The van der Waals surface area contributed by atoms with E-state index in [9.17, 15) is 4.21 Å². The van der Waals surface area contributed by atoms with Crippen molar-refractivity contribution in [3.8, 4) is 11.1 Å². The molecule has 0 N–H and O–H groups in total. The van der Waals surface area contributed by atoms with Crippen LogP contribution in [0.1, 0.15) is 16.7 Å². The Balaban J connectivity index is 1.65. The summed E-state index contributed by atoms with van der Waals surface area (Å²) in [7, 11) is -0.881. The predicted octanol–water partition coefficient (Wildman–Crippen LogP) is 5.11. The molecule has 3 aromatic rings. The van der Waals surface area contributed by atoms with E-state index in [4.69, 9.17) is 0 Å². The molecule has 0 aliphatic rings. The molecule has 0 radical (unpaired) electrons. The van der Waals surface area contributed by atoms with Gasteiger partial charge in [-0.1, -0.05) is 84.4 Å². The van der Waals surface area contributed by atoms with Gasteiger partial charge in [0.25, 0.3) is 0 Å². The van der Waals surface area contributed by atoms with Crippen molar-refractivity contribution in [1.29, 1.82) is 0 Å². The van der Waals surface area contributed by atoms with E-state index in [1.54, 1.807) is 0 Å². The van der Waals surface area contributed by atoms with E-state index in [0.29, 0.717) is 11.5 Å². The second-order valence-electron chi connectivity index (χ2n) is 5.78. The zero-order valence-electron chi connectivity index (χ0n) is 13.2. The van der Waals surface area contributed by atoms with Crippen LogP contribution in [0, 0.1) is 6.92 Å². The highest BCUT2D eigenvalue weighted by Gasteiger charge is 2.05. The largest absolute Gasteiger partial charge is 0.259 e. The predicted molar refractivity (Wildman–Crippen MR) is 98.6 cm³/mol. The van der Waals surface area contributed by atoms with E-state index in [2.05, 4.69) is 55.5 Å². The minimum Gasteiger partial charge on any atom is -0.259 e. The van der Waals surface area contributed by atoms with E-state index in [-0.39, 0.29) is 0 Å². The van der Waals surface area contributed by atoms with Gasteiger partial charge >= 0.3 is 0 Å². The highest BCUT2D eigenvalue weighted by atomic mass is 32.2. The summed E-state index contributed by atoms with van der Waals surface area (Å²) in [5.41, 5.74) is 5.88. The molecular formula is C21H20OS. The standard InChI is InChI=1S/C21H20OS/c1-17-6-5-7-19(14-17)16-23(22)15-18-10-12-21(13-11-18)20-8-3-2-4-9-20/h2-14H,15-16H2,1H3. The van der Waals surface area contributed by atoms with E-state index < -0.39 is 10.8 Å². The molecule has 1 unspecified atom stereocenters. The van der Waals surface area contributed by atoms with Gasteiger partial charge < -0.3 is 0 Å². The summed E-state index contributed by atoms with van der Waals surface area (Å²) in [6.07, 6.45) is 0. The van der Waals surface area contributed by atoms with Crippen molar-refractivity contribution in [2.75, 3.05) is 0 Å². The van der Waals surface area contributed by atoms with Crippen LogP contribution in [0.25, 0.3) is 11.1 Å². The molecule has 23 heavy (non-hydrogen) atoms. The number of benzene rings is 3. The molecule has 0 fully saturated rings. The molecule has 0 aromatic heterocycles. The fraction of sp³-hybridized carbons (Fsp3) is 0.143. The minimum atomic E-state index is -0.881. The van der Waals surface area contributed by atoms with Crippen LogP contribution in [0.2, 0.25) is 0 Å². The fourth-order valence-electron chi connectivity index (χ4n) is 2.65. The Morgan fingerprint density at radius 1 is 0.696 bits per heavy atom. The SMILES string of the molecule is Cc1cccc(CS(=O)Cc2ccc(-c3ccccc3)cc2)c1. The third-order valence-electron chi connectivity index (χ3n) is 3.80. The monoisotopic (exact) mass is 320 g/mol. The Morgan fingerprint density at radius 2 is 1.35 bits per heavy atom. The molecule has 0 saturated heterocycles. The van der Waals surface area contributed by atoms with Crippen LogP contribution in [0.4, 0.5) is 0 Å².